The number of benzene rings is 1. The minimum absolute atomic E-state index is 0.0175. The Labute approximate surface area is 116 Å². The van der Waals surface area contributed by atoms with Gasteiger partial charge in [0.25, 0.3) is 0 Å². The molecule has 2 rings (SSSR count). The summed E-state index contributed by atoms with van der Waals surface area (Å²) in [6.07, 6.45) is -0.0350. The van der Waals surface area contributed by atoms with E-state index in [0.29, 0.717) is 18.7 Å². The Morgan fingerprint density at radius 1 is 1.25 bits per heavy atom. The molecule has 0 unspecified atom stereocenters. The van der Waals surface area contributed by atoms with Gasteiger partial charge < -0.3 is 15.0 Å². The topological polar surface area (TPSA) is 41.6 Å². The van der Waals surface area contributed by atoms with Crippen LogP contribution in [0.4, 0.5) is 13.6 Å². The van der Waals surface area contributed by atoms with Crippen LogP contribution in [0.25, 0.3) is 0 Å². The maximum atomic E-state index is 13.0. The van der Waals surface area contributed by atoms with Gasteiger partial charge in [0.05, 0.1) is 12.2 Å². The van der Waals surface area contributed by atoms with Crippen molar-refractivity contribution in [3.05, 3.63) is 35.4 Å². The molecule has 0 bridgehead atoms. The van der Waals surface area contributed by atoms with Crippen LogP contribution < -0.4 is 5.32 Å². The van der Waals surface area contributed by atoms with Crippen molar-refractivity contribution in [1.82, 2.24) is 10.2 Å². The summed E-state index contributed by atoms with van der Waals surface area (Å²) in [5.74, 6) is -1.30. The molecule has 1 aliphatic heterocycles. The minimum atomic E-state index is -0.650. The van der Waals surface area contributed by atoms with E-state index in [1.807, 2.05) is 13.8 Å². The molecule has 1 aliphatic rings. The second-order valence-electron chi connectivity index (χ2n) is 5.10. The highest BCUT2D eigenvalue weighted by Crippen LogP contribution is 2.11. The standard InChI is InChI=1S/C14H18F2N2O2/c1-9-7-18(8-10(2)20-9)14(19)17-6-11-3-12(15)5-13(16)4-11/h3-5,9-10H,6-8H2,1-2H3,(H,17,19)/t9-,10+. The number of carbonyl (C=O) groups excluding carboxylic acids is 1. The van der Waals surface area contributed by atoms with Crippen LogP contribution in [0.3, 0.4) is 0 Å². The first-order valence-electron chi connectivity index (χ1n) is 6.57. The number of halogens is 2. The van der Waals surface area contributed by atoms with Gasteiger partial charge in [0.1, 0.15) is 11.6 Å². The van der Waals surface area contributed by atoms with Gasteiger partial charge in [-0.05, 0) is 31.5 Å². The van der Waals surface area contributed by atoms with E-state index in [9.17, 15) is 13.6 Å². The average Bonchev–Trinajstić information content (AvgIpc) is 2.33. The predicted octanol–water partition coefficient (Wildman–Crippen LogP) is 2.28. The molecule has 1 fully saturated rings. The van der Waals surface area contributed by atoms with Crippen LogP contribution >= 0.6 is 0 Å². The molecular weight excluding hydrogens is 266 g/mol. The van der Waals surface area contributed by atoms with Gasteiger partial charge in [0, 0.05) is 25.7 Å². The summed E-state index contributed by atoms with van der Waals surface area (Å²) in [5, 5.41) is 2.66. The van der Waals surface area contributed by atoms with Gasteiger partial charge >= 0.3 is 6.03 Å². The molecule has 0 aliphatic carbocycles. The Kier molecular flexibility index (Phi) is 4.54. The Hall–Kier alpha value is -1.69. The van der Waals surface area contributed by atoms with E-state index in [0.717, 1.165) is 6.07 Å². The van der Waals surface area contributed by atoms with Gasteiger partial charge in [-0.3, -0.25) is 0 Å². The van der Waals surface area contributed by atoms with Crippen LogP contribution in [-0.4, -0.2) is 36.2 Å². The maximum absolute atomic E-state index is 13.0. The number of nitrogens with one attached hydrogen (secondary N) is 1. The van der Waals surface area contributed by atoms with E-state index >= 15 is 0 Å². The fourth-order valence-electron chi connectivity index (χ4n) is 2.35. The maximum Gasteiger partial charge on any atom is 0.317 e. The summed E-state index contributed by atoms with van der Waals surface area (Å²) in [6.45, 7) is 4.91. The van der Waals surface area contributed by atoms with Gasteiger partial charge in [-0.25, -0.2) is 13.6 Å². The molecule has 1 aromatic carbocycles. The lowest BCUT2D eigenvalue weighted by molar-refractivity contribution is -0.0545. The van der Waals surface area contributed by atoms with Gasteiger partial charge in [0.15, 0.2) is 0 Å². The fraction of sp³-hybridized carbons (Fsp3) is 0.500. The van der Waals surface area contributed by atoms with Crippen molar-refractivity contribution in [3.63, 3.8) is 0 Å². The molecular formula is C14H18F2N2O2. The van der Waals surface area contributed by atoms with Crippen molar-refractivity contribution in [3.8, 4) is 0 Å². The number of nitrogens with zero attached hydrogens (tertiary/aromatic N) is 1. The lowest BCUT2D eigenvalue weighted by atomic mass is 10.2. The van der Waals surface area contributed by atoms with Crippen LogP contribution in [0.2, 0.25) is 0 Å². The number of urea groups is 1. The molecule has 1 N–H and O–H groups in total. The molecule has 0 radical (unpaired) electrons. The fourth-order valence-corrected chi connectivity index (χ4v) is 2.35. The van der Waals surface area contributed by atoms with Crippen LogP contribution in [0.1, 0.15) is 19.4 Å². The monoisotopic (exact) mass is 284 g/mol. The zero-order chi connectivity index (χ0) is 14.7. The van der Waals surface area contributed by atoms with E-state index < -0.39 is 11.6 Å². The van der Waals surface area contributed by atoms with Gasteiger partial charge in [0.2, 0.25) is 0 Å². The summed E-state index contributed by atoms with van der Waals surface area (Å²) in [6, 6.07) is 2.95. The van der Waals surface area contributed by atoms with Crippen molar-refractivity contribution in [2.75, 3.05) is 13.1 Å². The highest BCUT2D eigenvalue weighted by molar-refractivity contribution is 5.74. The predicted molar refractivity (Wildman–Crippen MR) is 70.2 cm³/mol. The number of hydrogen-bond acceptors (Lipinski definition) is 2. The van der Waals surface area contributed by atoms with Crippen LogP contribution in [-0.2, 0) is 11.3 Å². The Balaban J connectivity index is 1.91. The zero-order valence-corrected chi connectivity index (χ0v) is 11.5. The number of hydrogen-bond donors (Lipinski definition) is 1. The molecule has 0 spiro atoms. The summed E-state index contributed by atoms with van der Waals surface area (Å²) >= 11 is 0. The molecule has 6 heteroatoms. The molecule has 20 heavy (non-hydrogen) atoms. The largest absolute Gasteiger partial charge is 0.372 e. The molecule has 4 nitrogen and oxygen atoms in total. The van der Waals surface area contributed by atoms with E-state index in [2.05, 4.69) is 5.32 Å². The van der Waals surface area contributed by atoms with Gasteiger partial charge in [-0.15, -0.1) is 0 Å². The van der Waals surface area contributed by atoms with Crippen molar-refractivity contribution in [1.29, 1.82) is 0 Å². The molecule has 1 saturated heterocycles. The first-order chi connectivity index (χ1) is 9.44. The second-order valence-corrected chi connectivity index (χ2v) is 5.10. The third-order valence-electron chi connectivity index (χ3n) is 3.07. The average molecular weight is 284 g/mol. The van der Waals surface area contributed by atoms with Crippen molar-refractivity contribution in [2.45, 2.75) is 32.6 Å². The molecule has 2 amide bonds. The zero-order valence-electron chi connectivity index (χ0n) is 11.5. The summed E-state index contributed by atoms with van der Waals surface area (Å²) in [7, 11) is 0. The number of morpholine rings is 1. The number of ether oxygens (including phenoxy) is 1. The first-order valence-corrected chi connectivity index (χ1v) is 6.57. The molecule has 1 heterocycles. The molecule has 0 aromatic heterocycles. The molecule has 110 valence electrons. The van der Waals surface area contributed by atoms with Gasteiger partial charge in [-0.2, -0.15) is 0 Å². The molecule has 2 atom stereocenters. The lowest BCUT2D eigenvalue weighted by Gasteiger charge is -2.35. The van der Waals surface area contributed by atoms with Crippen LogP contribution in [0.5, 0.6) is 0 Å². The van der Waals surface area contributed by atoms with Crippen molar-refractivity contribution < 1.29 is 18.3 Å². The Bertz CT molecular complexity index is 466. The smallest absolute Gasteiger partial charge is 0.317 e. The lowest BCUT2D eigenvalue weighted by Crippen LogP contribution is -2.51. The molecule has 0 saturated carbocycles. The third-order valence-corrected chi connectivity index (χ3v) is 3.07. The number of amides is 2. The first kappa shape index (κ1) is 14.7. The quantitative estimate of drug-likeness (QED) is 0.905. The van der Waals surface area contributed by atoms with Crippen molar-refractivity contribution in [2.24, 2.45) is 0 Å². The SMILES string of the molecule is C[C@@H]1CN(C(=O)NCc2cc(F)cc(F)c2)C[C@H](C)O1. The van der Waals surface area contributed by atoms with Crippen molar-refractivity contribution >= 4 is 6.03 Å². The highest BCUT2D eigenvalue weighted by Gasteiger charge is 2.25. The highest BCUT2D eigenvalue weighted by atomic mass is 19.1. The van der Waals surface area contributed by atoms with E-state index in [4.69, 9.17) is 4.74 Å². The Morgan fingerprint density at radius 2 is 1.80 bits per heavy atom. The van der Waals surface area contributed by atoms with E-state index in [1.165, 1.54) is 12.1 Å². The van der Waals surface area contributed by atoms with E-state index in [1.54, 1.807) is 4.90 Å². The normalized spacial score (nSPS) is 22.7. The van der Waals surface area contributed by atoms with E-state index in [-0.39, 0.29) is 24.8 Å². The summed E-state index contributed by atoms with van der Waals surface area (Å²) in [5.41, 5.74) is 0.394. The summed E-state index contributed by atoms with van der Waals surface area (Å²) < 4.78 is 31.6. The van der Waals surface area contributed by atoms with Gasteiger partial charge in [-0.1, -0.05) is 0 Å². The number of carbonyl (C=O) groups is 1. The van der Waals surface area contributed by atoms with Crippen LogP contribution in [0, 0.1) is 11.6 Å². The number of rotatable bonds is 2. The summed E-state index contributed by atoms with van der Waals surface area (Å²) in [4.78, 5) is 13.7. The third kappa shape index (κ3) is 3.90. The Morgan fingerprint density at radius 3 is 2.35 bits per heavy atom. The molecule has 1 aromatic rings. The van der Waals surface area contributed by atoms with Crippen LogP contribution in [0.15, 0.2) is 18.2 Å². The minimum Gasteiger partial charge on any atom is -0.372 e. The second kappa shape index (κ2) is 6.17.